The highest BCUT2D eigenvalue weighted by atomic mass is 32.2. The second-order valence-corrected chi connectivity index (χ2v) is 8.47. The van der Waals surface area contributed by atoms with Crippen LogP contribution >= 0.6 is 0 Å². The van der Waals surface area contributed by atoms with Crippen molar-refractivity contribution in [2.75, 3.05) is 4.72 Å². The maximum absolute atomic E-state index is 12.6. The number of rotatable bonds is 4. The number of nitrogens with one attached hydrogen (secondary N) is 1. The second kappa shape index (κ2) is 6.33. The quantitative estimate of drug-likeness (QED) is 0.896. The molecule has 4 rings (SSSR count). The molecule has 0 bridgehead atoms. The van der Waals surface area contributed by atoms with Gasteiger partial charge in [-0.2, -0.15) is 0 Å². The highest BCUT2D eigenvalue weighted by molar-refractivity contribution is 7.92. The summed E-state index contributed by atoms with van der Waals surface area (Å²) >= 11 is 0. The summed E-state index contributed by atoms with van der Waals surface area (Å²) in [7, 11) is -3.77. The van der Waals surface area contributed by atoms with Crippen LogP contribution < -0.4 is 9.46 Å². The van der Waals surface area contributed by atoms with Crippen LogP contribution in [0.5, 0.6) is 5.75 Å². The van der Waals surface area contributed by atoms with Crippen LogP contribution in [0.4, 0.5) is 6.01 Å². The Hall–Kier alpha value is -2.09. The van der Waals surface area contributed by atoms with Gasteiger partial charge < -0.3 is 9.15 Å². The van der Waals surface area contributed by atoms with Crippen molar-refractivity contribution in [1.29, 1.82) is 0 Å². The van der Waals surface area contributed by atoms with Crippen LogP contribution in [0.25, 0.3) is 0 Å². The van der Waals surface area contributed by atoms with E-state index in [4.69, 9.17) is 9.15 Å². The van der Waals surface area contributed by atoms with E-state index in [0.29, 0.717) is 12.3 Å². The van der Waals surface area contributed by atoms with E-state index < -0.39 is 10.0 Å². The topological polar surface area (TPSA) is 94.3 Å². The SMILES string of the molecule is CC1Cc2cc(S(=O)(=O)Nc3nnc(C4CCCCC4)o3)ccc2O1. The monoisotopic (exact) mass is 363 g/mol. The summed E-state index contributed by atoms with van der Waals surface area (Å²) in [4.78, 5) is 0.168. The van der Waals surface area contributed by atoms with Gasteiger partial charge in [-0.15, -0.1) is 5.10 Å². The molecule has 2 aromatic rings. The Morgan fingerprint density at radius 2 is 1.96 bits per heavy atom. The Morgan fingerprint density at radius 1 is 1.16 bits per heavy atom. The van der Waals surface area contributed by atoms with Crippen molar-refractivity contribution in [2.45, 2.75) is 62.4 Å². The fourth-order valence-electron chi connectivity index (χ4n) is 3.53. The van der Waals surface area contributed by atoms with Gasteiger partial charge in [0.1, 0.15) is 11.9 Å². The Balaban J connectivity index is 1.52. The van der Waals surface area contributed by atoms with Gasteiger partial charge in [0.15, 0.2) is 0 Å². The smallest absolute Gasteiger partial charge is 0.329 e. The zero-order chi connectivity index (χ0) is 17.4. The standard InChI is InChI=1S/C17H21N3O4S/c1-11-9-13-10-14(7-8-15(13)23-11)25(21,22)20-17-19-18-16(24-17)12-5-3-2-4-6-12/h7-8,10-12H,2-6,9H2,1H3,(H,19,20). The normalized spacial score (nSPS) is 20.9. The number of ether oxygens (including phenoxy) is 1. The summed E-state index contributed by atoms with van der Waals surface area (Å²) in [5.74, 6) is 1.50. The first-order chi connectivity index (χ1) is 12.0. The molecule has 1 unspecified atom stereocenters. The van der Waals surface area contributed by atoms with E-state index in [1.165, 1.54) is 12.5 Å². The van der Waals surface area contributed by atoms with Crippen LogP contribution in [0, 0.1) is 0 Å². The number of anilines is 1. The summed E-state index contributed by atoms with van der Waals surface area (Å²) in [6.45, 7) is 1.96. The van der Waals surface area contributed by atoms with Crippen LogP contribution in [0.3, 0.4) is 0 Å². The molecule has 134 valence electrons. The molecule has 8 heteroatoms. The van der Waals surface area contributed by atoms with Gasteiger partial charge in [0.2, 0.25) is 5.89 Å². The lowest BCUT2D eigenvalue weighted by atomic mass is 9.89. The molecule has 2 heterocycles. The lowest BCUT2D eigenvalue weighted by Crippen LogP contribution is -2.13. The van der Waals surface area contributed by atoms with Crippen molar-refractivity contribution < 1.29 is 17.6 Å². The zero-order valence-corrected chi connectivity index (χ0v) is 14.9. The molecule has 1 aromatic carbocycles. The molecule has 25 heavy (non-hydrogen) atoms. The Labute approximate surface area is 146 Å². The molecular weight excluding hydrogens is 342 g/mol. The number of benzene rings is 1. The number of nitrogens with zero attached hydrogens (tertiary/aromatic N) is 2. The minimum atomic E-state index is -3.77. The fraction of sp³-hybridized carbons (Fsp3) is 0.529. The van der Waals surface area contributed by atoms with Gasteiger partial charge in [-0.1, -0.05) is 24.4 Å². The van der Waals surface area contributed by atoms with E-state index in [2.05, 4.69) is 14.9 Å². The maximum Gasteiger partial charge on any atom is 0.329 e. The Morgan fingerprint density at radius 3 is 2.76 bits per heavy atom. The van der Waals surface area contributed by atoms with Crippen LogP contribution in [0.1, 0.15) is 56.4 Å². The zero-order valence-electron chi connectivity index (χ0n) is 14.1. The number of aromatic nitrogens is 2. The van der Waals surface area contributed by atoms with Crippen molar-refractivity contribution in [1.82, 2.24) is 10.2 Å². The average molecular weight is 363 g/mol. The van der Waals surface area contributed by atoms with Gasteiger partial charge in [0.25, 0.3) is 10.0 Å². The highest BCUT2D eigenvalue weighted by Gasteiger charge is 2.25. The summed E-state index contributed by atoms with van der Waals surface area (Å²) in [6.07, 6.45) is 6.30. The first kappa shape index (κ1) is 16.4. The predicted molar refractivity (Wildman–Crippen MR) is 91.2 cm³/mol. The molecule has 1 N–H and O–H groups in total. The predicted octanol–water partition coefficient (Wildman–Crippen LogP) is 3.24. The number of hydrogen-bond acceptors (Lipinski definition) is 6. The van der Waals surface area contributed by atoms with E-state index >= 15 is 0 Å². The number of fused-ring (bicyclic) bond motifs is 1. The van der Waals surface area contributed by atoms with Gasteiger partial charge in [0, 0.05) is 12.3 Å². The largest absolute Gasteiger partial charge is 0.490 e. The van der Waals surface area contributed by atoms with Crippen LogP contribution in [0.15, 0.2) is 27.5 Å². The molecule has 0 radical (unpaired) electrons. The van der Waals surface area contributed by atoms with Crippen molar-refractivity contribution in [3.8, 4) is 5.75 Å². The third-order valence-corrected chi connectivity index (χ3v) is 6.11. The maximum atomic E-state index is 12.6. The molecule has 0 amide bonds. The highest BCUT2D eigenvalue weighted by Crippen LogP contribution is 2.33. The molecule has 2 aliphatic rings. The molecule has 1 aliphatic carbocycles. The molecule has 1 saturated carbocycles. The van der Waals surface area contributed by atoms with Crippen LogP contribution in [-0.4, -0.2) is 24.7 Å². The molecule has 0 spiro atoms. The minimum absolute atomic E-state index is 0.0647. The molecular formula is C17H21N3O4S. The van der Waals surface area contributed by atoms with E-state index in [1.807, 2.05) is 6.92 Å². The van der Waals surface area contributed by atoms with Crippen molar-refractivity contribution in [3.05, 3.63) is 29.7 Å². The molecule has 0 saturated heterocycles. The Bertz CT molecular complexity index is 872. The van der Waals surface area contributed by atoms with E-state index in [0.717, 1.165) is 37.0 Å². The lowest BCUT2D eigenvalue weighted by Gasteiger charge is -2.17. The second-order valence-electron chi connectivity index (χ2n) is 6.79. The molecule has 1 aromatic heterocycles. The van der Waals surface area contributed by atoms with Crippen LogP contribution in [0.2, 0.25) is 0 Å². The van der Waals surface area contributed by atoms with Gasteiger partial charge in [0.05, 0.1) is 4.90 Å². The summed E-state index contributed by atoms with van der Waals surface area (Å²) in [5, 5.41) is 7.88. The first-order valence-corrected chi connectivity index (χ1v) is 10.2. The summed E-state index contributed by atoms with van der Waals surface area (Å²) in [6, 6.07) is 4.77. The third kappa shape index (κ3) is 3.35. The van der Waals surface area contributed by atoms with E-state index in [9.17, 15) is 8.42 Å². The molecule has 1 atom stereocenters. The van der Waals surface area contributed by atoms with Gasteiger partial charge in [-0.05, 0) is 43.5 Å². The van der Waals surface area contributed by atoms with Crippen molar-refractivity contribution >= 4 is 16.0 Å². The summed E-state index contributed by atoms with van der Waals surface area (Å²) in [5.41, 5.74) is 0.892. The fourth-order valence-corrected chi connectivity index (χ4v) is 4.50. The number of hydrogen-bond donors (Lipinski definition) is 1. The minimum Gasteiger partial charge on any atom is -0.490 e. The van der Waals surface area contributed by atoms with Gasteiger partial charge >= 0.3 is 6.01 Å². The summed E-state index contributed by atoms with van der Waals surface area (Å²) < 4.78 is 38.7. The van der Waals surface area contributed by atoms with E-state index in [1.54, 1.807) is 12.1 Å². The van der Waals surface area contributed by atoms with Gasteiger partial charge in [-0.3, -0.25) is 0 Å². The first-order valence-electron chi connectivity index (χ1n) is 8.67. The van der Waals surface area contributed by atoms with Crippen molar-refractivity contribution in [3.63, 3.8) is 0 Å². The number of sulfonamides is 1. The lowest BCUT2D eigenvalue weighted by molar-refractivity contribution is 0.254. The third-order valence-electron chi connectivity index (χ3n) is 4.79. The average Bonchev–Trinajstić information content (AvgIpc) is 3.20. The van der Waals surface area contributed by atoms with E-state index in [-0.39, 0.29) is 22.9 Å². The molecule has 7 nitrogen and oxygen atoms in total. The molecule has 1 fully saturated rings. The van der Waals surface area contributed by atoms with Crippen LogP contribution in [-0.2, 0) is 16.4 Å². The van der Waals surface area contributed by atoms with Gasteiger partial charge in [-0.25, -0.2) is 13.1 Å². The Kier molecular flexibility index (Phi) is 4.15. The molecule has 1 aliphatic heterocycles. The van der Waals surface area contributed by atoms with Crippen molar-refractivity contribution in [2.24, 2.45) is 0 Å².